The van der Waals surface area contributed by atoms with Gasteiger partial charge in [-0.1, -0.05) is 18.2 Å². The molecular formula is C23H27N5O2. The number of carbonyl (C=O) groups excluding carboxylic acids is 2. The largest absolute Gasteiger partial charge is 0.338 e. The third-order valence-corrected chi connectivity index (χ3v) is 5.82. The zero-order valence-corrected chi connectivity index (χ0v) is 17.6. The van der Waals surface area contributed by atoms with E-state index in [4.69, 9.17) is 0 Å². The van der Waals surface area contributed by atoms with Crippen LogP contribution in [-0.2, 0) is 11.8 Å². The molecule has 2 aromatic heterocycles. The topological polar surface area (TPSA) is 72.2 Å². The minimum Gasteiger partial charge on any atom is -0.338 e. The molecule has 7 nitrogen and oxygen atoms in total. The lowest BCUT2D eigenvalue weighted by molar-refractivity contribution is -0.121. The SMILES string of the molecule is Cc1ccc(C)n1-c1c(C(=O)N2CCC(C(=O)Nc3ccccc3)CC2)cnn1C. The van der Waals surface area contributed by atoms with E-state index in [0.717, 1.165) is 22.9 Å². The molecule has 3 aromatic rings. The lowest BCUT2D eigenvalue weighted by Gasteiger charge is -2.31. The summed E-state index contributed by atoms with van der Waals surface area (Å²) in [6, 6.07) is 13.6. The predicted octanol–water partition coefficient (Wildman–Crippen LogP) is 3.32. The number of para-hydroxylation sites is 1. The second-order valence-corrected chi connectivity index (χ2v) is 7.88. The highest BCUT2D eigenvalue weighted by Gasteiger charge is 2.30. The third kappa shape index (κ3) is 3.75. The van der Waals surface area contributed by atoms with Crippen LogP contribution in [0.15, 0.2) is 48.7 Å². The Morgan fingerprint density at radius 1 is 1.00 bits per heavy atom. The van der Waals surface area contributed by atoms with Crippen LogP contribution in [0.4, 0.5) is 5.69 Å². The van der Waals surface area contributed by atoms with Gasteiger partial charge in [-0.05, 0) is 51.0 Å². The van der Waals surface area contributed by atoms with Crippen molar-refractivity contribution in [3.63, 3.8) is 0 Å². The van der Waals surface area contributed by atoms with Gasteiger partial charge in [0.1, 0.15) is 11.4 Å². The Labute approximate surface area is 176 Å². The summed E-state index contributed by atoms with van der Waals surface area (Å²) in [7, 11) is 1.85. The Hall–Kier alpha value is -3.35. The van der Waals surface area contributed by atoms with E-state index in [-0.39, 0.29) is 17.7 Å². The standard InChI is InChI=1S/C23H27N5O2/c1-16-9-10-17(2)28(16)22-20(15-24-26(22)3)23(30)27-13-11-18(12-14-27)21(29)25-19-7-5-4-6-8-19/h4-10,15,18H,11-14H2,1-3H3,(H,25,29). The third-order valence-electron chi connectivity index (χ3n) is 5.82. The normalized spacial score (nSPS) is 14.7. The second kappa shape index (κ2) is 8.18. The van der Waals surface area contributed by atoms with Crippen molar-refractivity contribution < 1.29 is 9.59 Å². The maximum Gasteiger partial charge on any atom is 0.259 e. The van der Waals surface area contributed by atoms with Gasteiger partial charge in [0.05, 0.1) is 6.20 Å². The summed E-state index contributed by atoms with van der Waals surface area (Å²) in [4.78, 5) is 27.7. The van der Waals surface area contributed by atoms with E-state index in [1.54, 1.807) is 10.9 Å². The van der Waals surface area contributed by atoms with E-state index in [0.29, 0.717) is 31.5 Å². The Morgan fingerprint density at radius 2 is 1.63 bits per heavy atom. The number of amides is 2. The number of hydrogen-bond donors (Lipinski definition) is 1. The molecule has 0 atom stereocenters. The van der Waals surface area contributed by atoms with Gasteiger partial charge in [0.15, 0.2) is 0 Å². The van der Waals surface area contributed by atoms with Gasteiger partial charge in [-0.2, -0.15) is 5.10 Å². The number of likely N-dealkylation sites (tertiary alicyclic amines) is 1. The molecule has 3 heterocycles. The molecule has 30 heavy (non-hydrogen) atoms. The van der Waals surface area contributed by atoms with Crippen LogP contribution in [0.25, 0.3) is 5.82 Å². The average Bonchev–Trinajstić information content (AvgIpc) is 3.29. The average molecular weight is 406 g/mol. The molecular weight excluding hydrogens is 378 g/mol. The van der Waals surface area contributed by atoms with E-state index in [9.17, 15) is 9.59 Å². The van der Waals surface area contributed by atoms with Crippen molar-refractivity contribution in [3.05, 3.63) is 65.6 Å². The molecule has 1 N–H and O–H groups in total. The van der Waals surface area contributed by atoms with Gasteiger partial charge in [-0.25, -0.2) is 0 Å². The van der Waals surface area contributed by atoms with Crippen molar-refractivity contribution in [2.45, 2.75) is 26.7 Å². The first-order chi connectivity index (χ1) is 14.5. The number of rotatable bonds is 4. The Bertz CT molecular complexity index is 1040. The van der Waals surface area contributed by atoms with Crippen molar-refractivity contribution in [2.75, 3.05) is 18.4 Å². The first-order valence-corrected chi connectivity index (χ1v) is 10.3. The number of piperidine rings is 1. The summed E-state index contributed by atoms with van der Waals surface area (Å²) in [5, 5.41) is 7.32. The molecule has 4 rings (SSSR count). The van der Waals surface area contributed by atoms with Gasteiger partial charge >= 0.3 is 0 Å². The zero-order valence-electron chi connectivity index (χ0n) is 17.6. The van der Waals surface area contributed by atoms with Crippen LogP contribution in [0.2, 0.25) is 0 Å². The molecule has 1 aliphatic rings. The first-order valence-electron chi connectivity index (χ1n) is 10.3. The smallest absolute Gasteiger partial charge is 0.259 e. The molecule has 1 aliphatic heterocycles. The van der Waals surface area contributed by atoms with Crippen molar-refractivity contribution in [1.29, 1.82) is 0 Å². The van der Waals surface area contributed by atoms with E-state index in [1.807, 2.05) is 68.3 Å². The molecule has 0 spiro atoms. The van der Waals surface area contributed by atoms with Crippen molar-refractivity contribution in [1.82, 2.24) is 19.2 Å². The Kier molecular flexibility index (Phi) is 5.44. The van der Waals surface area contributed by atoms with Crippen LogP contribution in [0, 0.1) is 19.8 Å². The fraction of sp³-hybridized carbons (Fsp3) is 0.348. The molecule has 0 unspecified atom stereocenters. The summed E-state index contributed by atoms with van der Waals surface area (Å²) < 4.78 is 3.80. The minimum atomic E-state index is -0.0865. The van der Waals surface area contributed by atoms with Gasteiger partial charge in [0, 0.05) is 43.1 Å². The summed E-state index contributed by atoms with van der Waals surface area (Å²) in [6.45, 7) is 5.16. The van der Waals surface area contributed by atoms with Crippen molar-refractivity contribution >= 4 is 17.5 Å². The van der Waals surface area contributed by atoms with E-state index < -0.39 is 0 Å². The number of anilines is 1. The van der Waals surface area contributed by atoms with E-state index in [2.05, 4.69) is 15.0 Å². The highest BCUT2D eigenvalue weighted by atomic mass is 16.2. The van der Waals surface area contributed by atoms with Crippen LogP contribution < -0.4 is 5.32 Å². The molecule has 7 heteroatoms. The van der Waals surface area contributed by atoms with Crippen molar-refractivity contribution in [2.24, 2.45) is 13.0 Å². The van der Waals surface area contributed by atoms with Gasteiger partial charge in [-0.15, -0.1) is 0 Å². The summed E-state index contributed by atoms with van der Waals surface area (Å²) >= 11 is 0. The molecule has 0 radical (unpaired) electrons. The molecule has 0 bridgehead atoms. The van der Waals surface area contributed by atoms with Crippen molar-refractivity contribution in [3.8, 4) is 5.82 Å². The minimum absolute atomic E-state index is 0.0222. The molecule has 156 valence electrons. The highest BCUT2D eigenvalue weighted by Crippen LogP contribution is 2.25. The second-order valence-electron chi connectivity index (χ2n) is 7.88. The number of nitrogens with zero attached hydrogens (tertiary/aromatic N) is 4. The van der Waals surface area contributed by atoms with Crippen LogP contribution in [-0.4, -0.2) is 44.2 Å². The maximum atomic E-state index is 13.3. The Morgan fingerprint density at radius 3 is 2.27 bits per heavy atom. The number of benzene rings is 1. The zero-order chi connectivity index (χ0) is 21.3. The Balaban J connectivity index is 1.45. The monoisotopic (exact) mass is 405 g/mol. The van der Waals surface area contributed by atoms with Crippen LogP contribution in [0.3, 0.4) is 0 Å². The summed E-state index contributed by atoms with van der Waals surface area (Å²) in [5.74, 6) is 0.682. The van der Waals surface area contributed by atoms with Crippen LogP contribution in [0.1, 0.15) is 34.6 Å². The van der Waals surface area contributed by atoms with E-state index in [1.165, 1.54) is 0 Å². The molecule has 2 amide bonds. The summed E-state index contributed by atoms with van der Waals surface area (Å²) in [6.07, 6.45) is 2.95. The van der Waals surface area contributed by atoms with Gasteiger partial charge < -0.3 is 14.8 Å². The van der Waals surface area contributed by atoms with Gasteiger partial charge in [0.25, 0.3) is 5.91 Å². The maximum absolute atomic E-state index is 13.3. The van der Waals surface area contributed by atoms with Crippen LogP contribution >= 0.6 is 0 Å². The fourth-order valence-corrected chi connectivity index (χ4v) is 4.13. The van der Waals surface area contributed by atoms with Gasteiger partial charge in [0.2, 0.25) is 5.91 Å². The van der Waals surface area contributed by atoms with E-state index >= 15 is 0 Å². The summed E-state index contributed by atoms with van der Waals surface area (Å²) in [5.41, 5.74) is 3.51. The number of aryl methyl sites for hydroxylation is 3. The quantitative estimate of drug-likeness (QED) is 0.724. The number of aromatic nitrogens is 3. The van der Waals surface area contributed by atoms with Gasteiger partial charge in [-0.3, -0.25) is 14.3 Å². The molecule has 0 saturated carbocycles. The molecule has 1 aromatic carbocycles. The first kappa shape index (κ1) is 19.9. The number of carbonyl (C=O) groups is 2. The molecule has 0 aliphatic carbocycles. The number of nitrogens with one attached hydrogen (secondary N) is 1. The molecule has 1 fully saturated rings. The number of hydrogen-bond acceptors (Lipinski definition) is 3. The lowest BCUT2D eigenvalue weighted by Crippen LogP contribution is -2.41. The predicted molar refractivity (Wildman–Crippen MR) is 116 cm³/mol. The van der Waals surface area contributed by atoms with Crippen LogP contribution in [0.5, 0.6) is 0 Å². The fourth-order valence-electron chi connectivity index (χ4n) is 4.13. The highest BCUT2D eigenvalue weighted by molar-refractivity contribution is 5.97. The lowest BCUT2D eigenvalue weighted by atomic mass is 9.95. The molecule has 1 saturated heterocycles.